The Morgan fingerprint density at radius 2 is 1.42 bits per heavy atom. The molecule has 0 saturated heterocycles. The maximum absolute atomic E-state index is 14.1. The Hall–Kier alpha value is -5.05. The number of amides is 5. The molecule has 5 N–H and O–H groups in total. The number of aliphatic hydroxyl groups excluding tert-OH is 1. The standard InChI is InChI=1S/C44H69N5O10/c1-13-27(5)23-30(8)35(50)21-20-29(7)44(58)59-36(22-26(3)4)39(52)45-31(9)41(54)49(12)34(24-33-18-16-15-17-19-33)42(55)48(11)25-37(51)47-38(28(6)14-2)40(53)46-32(10)43(56)57/h13,15-20,26,28,30-32,34-36,38,50H,14,21-25H2,1-12H3,(H,45,52)(H,46,53)(H,47,51)(H,56,57)/b27-13+,29-20+/t28?,30-,31+,32-,34-,35+,36-,38?/m1/s1. The van der Waals surface area contributed by atoms with E-state index in [0.717, 1.165) is 16.0 Å². The minimum absolute atomic E-state index is 0.0329. The van der Waals surface area contributed by atoms with Crippen LogP contribution in [0.25, 0.3) is 0 Å². The third kappa shape index (κ3) is 17.8. The first kappa shape index (κ1) is 52.0. The van der Waals surface area contributed by atoms with Crippen molar-refractivity contribution in [2.75, 3.05) is 20.6 Å². The van der Waals surface area contributed by atoms with Crippen molar-refractivity contribution in [1.29, 1.82) is 0 Å². The predicted molar refractivity (Wildman–Crippen MR) is 225 cm³/mol. The predicted octanol–water partition coefficient (Wildman–Crippen LogP) is 3.79. The fourth-order valence-corrected chi connectivity index (χ4v) is 6.12. The van der Waals surface area contributed by atoms with Crippen molar-refractivity contribution in [2.24, 2.45) is 17.8 Å². The van der Waals surface area contributed by atoms with Crippen LogP contribution >= 0.6 is 0 Å². The number of hydrogen-bond acceptors (Lipinski definition) is 9. The molecule has 59 heavy (non-hydrogen) atoms. The van der Waals surface area contributed by atoms with Gasteiger partial charge in [0, 0.05) is 26.1 Å². The number of nitrogens with zero attached hydrogens (tertiary/aromatic N) is 2. The van der Waals surface area contributed by atoms with Crippen molar-refractivity contribution in [3.05, 3.63) is 59.2 Å². The average Bonchev–Trinajstić information content (AvgIpc) is 3.19. The number of nitrogens with one attached hydrogen (secondary N) is 3. The van der Waals surface area contributed by atoms with Crippen LogP contribution in [0.15, 0.2) is 53.6 Å². The summed E-state index contributed by atoms with van der Waals surface area (Å²) in [5.41, 5.74) is 2.11. The second kappa shape index (κ2) is 25.4. The number of ether oxygens (including phenoxy) is 1. The summed E-state index contributed by atoms with van der Waals surface area (Å²) < 4.78 is 5.64. The second-order valence-electron chi connectivity index (χ2n) is 16.1. The molecule has 15 nitrogen and oxygen atoms in total. The van der Waals surface area contributed by atoms with Gasteiger partial charge in [-0.1, -0.05) is 89.1 Å². The monoisotopic (exact) mass is 828 g/mol. The first-order valence-electron chi connectivity index (χ1n) is 20.4. The molecule has 0 heterocycles. The Balaban J connectivity index is 3.19. The van der Waals surface area contributed by atoms with Crippen LogP contribution in [-0.4, -0.2) is 119 Å². The fourth-order valence-electron chi connectivity index (χ4n) is 6.12. The molecule has 0 aromatic heterocycles. The Morgan fingerprint density at radius 3 is 1.97 bits per heavy atom. The third-order valence-corrected chi connectivity index (χ3v) is 10.4. The van der Waals surface area contributed by atoms with E-state index < -0.39 is 84.4 Å². The van der Waals surface area contributed by atoms with E-state index in [2.05, 4.69) is 16.0 Å². The molecule has 15 heteroatoms. The molecule has 0 radical (unpaired) electrons. The number of aliphatic hydroxyl groups is 1. The van der Waals surface area contributed by atoms with Crippen molar-refractivity contribution < 1.29 is 48.5 Å². The van der Waals surface area contributed by atoms with Crippen LogP contribution in [0, 0.1) is 17.8 Å². The Bertz CT molecular complexity index is 1640. The number of carbonyl (C=O) groups is 7. The van der Waals surface area contributed by atoms with E-state index in [1.54, 1.807) is 50.3 Å². The van der Waals surface area contributed by atoms with E-state index >= 15 is 0 Å². The minimum Gasteiger partial charge on any atom is -0.480 e. The molecule has 0 spiro atoms. The van der Waals surface area contributed by atoms with Crippen molar-refractivity contribution in [2.45, 2.75) is 138 Å². The largest absolute Gasteiger partial charge is 0.480 e. The van der Waals surface area contributed by atoms with Crippen molar-refractivity contribution >= 4 is 41.5 Å². The highest BCUT2D eigenvalue weighted by Gasteiger charge is 2.35. The van der Waals surface area contributed by atoms with E-state index in [9.17, 15) is 43.8 Å². The van der Waals surface area contributed by atoms with Gasteiger partial charge in [0.05, 0.1) is 12.6 Å². The highest BCUT2D eigenvalue weighted by atomic mass is 16.5. The number of allylic oxidation sites excluding steroid dienone is 2. The average molecular weight is 828 g/mol. The molecule has 0 saturated carbocycles. The lowest BCUT2D eigenvalue weighted by Crippen LogP contribution is -2.57. The van der Waals surface area contributed by atoms with Gasteiger partial charge in [0.2, 0.25) is 23.6 Å². The number of rotatable bonds is 24. The molecule has 5 amide bonds. The van der Waals surface area contributed by atoms with Gasteiger partial charge in [-0.3, -0.25) is 28.8 Å². The van der Waals surface area contributed by atoms with E-state index in [0.29, 0.717) is 12.8 Å². The van der Waals surface area contributed by atoms with E-state index in [1.807, 2.05) is 47.6 Å². The van der Waals surface area contributed by atoms with Crippen LogP contribution in [-0.2, 0) is 44.7 Å². The molecule has 1 aromatic carbocycles. The number of likely N-dealkylation sites (N-methyl/N-ethyl adjacent to an activating group) is 2. The fraction of sp³-hybridized carbons (Fsp3) is 0.614. The highest BCUT2D eigenvalue weighted by Crippen LogP contribution is 2.19. The van der Waals surface area contributed by atoms with Gasteiger partial charge in [-0.15, -0.1) is 0 Å². The number of aliphatic carboxylic acids is 1. The van der Waals surface area contributed by atoms with Crippen molar-refractivity contribution in [3.8, 4) is 0 Å². The quantitative estimate of drug-likeness (QED) is 0.0578. The number of carboxylic acids is 1. The summed E-state index contributed by atoms with van der Waals surface area (Å²) in [5.74, 6) is -5.65. The van der Waals surface area contributed by atoms with Gasteiger partial charge in [0.15, 0.2) is 6.10 Å². The maximum atomic E-state index is 14.1. The molecule has 8 atom stereocenters. The summed E-state index contributed by atoms with van der Waals surface area (Å²) in [6.45, 7) is 17.0. The summed E-state index contributed by atoms with van der Waals surface area (Å²) in [6.07, 6.45) is 3.34. The molecule has 0 bridgehead atoms. The van der Waals surface area contributed by atoms with E-state index in [-0.39, 0.29) is 42.6 Å². The van der Waals surface area contributed by atoms with Gasteiger partial charge in [-0.2, -0.15) is 0 Å². The van der Waals surface area contributed by atoms with Gasteiger partial charge >= 0.3 is 11.9 Å². The third-order valence-electron chi connectivity index (χ3n) is 10.4. The first-order chi connectivity index (χ1) is 27.5. The molecule has 0 aliphatic heterocycles. The van der Waals surface area contributed by atoms with Crippen LogP contribution in [0.1, 0.15) is 100 Å². The zero-order chi connectivity index (χ0) is 45.1. The minimum atomic E-state index is -1.24. The summed E-state index contributed by atoms with van der Waals surface area (Å²) in [4.78, 5) is 94.5. The molecular weight excluding hydrogens is 759 g/mol. The molecule has 1 rings (SSSR count). The molecule has 0 aliphatic rings. The highest BCUT2D eigenvalue weighted by molar-refractivity contribution is 5.96. The smallest absolute Gasteiger partial charge is 0.334 e. The Morgan fingerprint density at radius 1 is 0.831 bits per heavy atom. The number of benzene rings is 1. The second-order valence-corrected chi connectivity index (χ2v) is 16.1. The summed E-state index contributed by atoms with van der Waals surface area (Å²) >= 11 is 0. The molecule has 0 aliphatic carbocycles. The number of hydrogen-bond donors (Lipinski definition) is 5. The summed E-state index contributed by atoms with van der Waals surface area (Å²) in [5, 5.41) is 27.5. The molecular formula is C44H69N5O10. The molecule has 0 fully saturated rings. The SMILES string of the molecule is C/C=C(\C)C[C@@H](C)[C@@H](O)C/C=C(\C)C(=O)O[C@H](CC(C)C)C(=O)N[C@@H](C)C(=O)N(C)[C@H](Cc1ccccc1)C(=O)N(C)CC(=O)NC(C(=O)N[C@H](C)C(=O)O)C(C)CC. The molecule has 1 aromatic rings. The van der Waals surface area contributed by atoms with Crippen LogP contribution in [0.5, 0.6) is 0 Å². The molecule has 2 unspecified atom stereocenters. The number of esters is 1. The molecule has 330 valence electrons. The normalized spacial score (nSPS) is 16.0. The Kier molecular flexibility index (Phi) is 22.4. The van der Waals surface area contributed by atoms with Gasteiger partial charge < -0.3 is 40.7 Å². The van der Waals surface area contributed by atoms with Gasteiger partial charge in [-0.05, 0) is 77.2 Å². The maximum Gasteiger partial charge on any atom is 0.334 e. The summed E-state index contributed by atoms with van der Waals surface area (Å²) in [7, 11) is 2.81. The number of carboxylic acid groups (broad SMARTS) is 1. The van der Waals surface area contributed by atoms with E-state index in [4.69, 9.17) is 4.74 Å². The van der Waals surface area contributed by atoms with Crippen molar-refractivity contribution in [1.82, 2.24) is 25.8 Å². The van der Waals surface area contributed by atoms with Crippen molar-refractivity contribution in [3.63, 3.8) is 0 Å². The van der Waals surface area contributed by atoms with Crippen LogP contribution in [0.2, 0.25) is 0 Å². The van der Waals surface area contributed by atoms with Crippen LogP contribution < -0.4 is 16.0 Å². The topological polar surface area (TPSA) is 212 Å². The zero-order valence-corrected chi connectivity index (χ0v) is 37.0. The van der Waals surface area contributed by atoms with Gasteiger partial charge in [0.25, 0.3) is 5.91 Å². The lowest BCUT2D eigenvalue weighted by Gasteiger charge is -2.33. The lowest BCUT2D eigenvalue weighted by atomic mass is 9.94. The summed E-state index contributed by atoms with van der Waals surface area (Å²) in [6, 6.07) is 4.42. The zero-order valence-electron chi connectivity index (χ0n) is 37.0. The first-order valence-corrected chi connectivity index (χ1v) is 20.4. The van der Waals surface area contributed by atoms with E-state index in [1.165, 1.54) is 32.8 Å². The van der Waals surface area contributed by atoms with Gasteiger partial charge in [-0.25, -0.2) is 4.79 Å². The van der Waals surface area contributed by atoms with Crippen LogP contribution in [0.3, 0.4) is 0 Å². The Labute approximate surface area is 350 Å². The number of carbonyl (C=O) groups excluding carboxylic acids is 6. The van der Waals surface area contributed by atoms with Crippen LogP contribution in [0.4, 0.5) is 0 Å². The van der Waals surface area contributed by atoms with Gasteiger partial charge in [0.1, 0.15) is 24.2 Å². The lowest BCUT2D eigenvalue weighted by molar-refractivity contribution is -0.154.